The maximum absolute atomic E-state index is 11.7. The Morgan fingerprint density at radius 3 is 1.24 bits per heavy atom. The number of hydrogen-bond acceptors (Lipinski definition) is 4. The van der Waals surface area contributed by atoms with Gasteiger partial charge >= 0.3 is 0 Å². The van der Waals surface area contributed by atoms with Crippen LogP contribution in [0.15, 0.2) is 271 Å². The molecular formula is C81H48N6O2. The first-order valence-electron chi connectivity index (χ1n) is 29.8. The molecule has 0 radical (unpaired) electrons. The minimum absolute atomic E-state index is 0.213. The summed E-state index contributed by atoms with van der Waals surface area (Å²) >= 11 is 0. The smallest absolute Gasteiger partial charge is 0.135 e. The third-order valence-electron chi connectivity index (χ3n) is 18.5. The van der Waals surface area contributed by atoms with Crippen molar-refractivity contribution < 1.29 is 9.52 Å². The van der Waals surface area contributed by atoms with Crippen molar-refractivity contribution in [3.63, 3.8) is 0 Å². The molecule has 8 heteroatoms. The van der Waals surface area contributed by atoms with Gasteiger partial charge in [0.1, 0.15) is 29.1 Å². The van der Waals surface area contributed by atoms with E-state index in [2.05, 4.69) is 231 Å². The number of furan rings is 1. The van der Waals surface area contributed by atoms with E-state index >= 15 is 0 Å². The summed E-state index contributed by atoms with van der Waals surface area (Å²) in [4.78, 5) is 0. The van der Waals surface area contributed by atoms with E-state index in [1.165, 1.54) is 0 Å². The molecule has 0 spiro atoms. The van der Waals surface area contributed by atoms with E-state index < -0.39 is 0 Å². The van der Waals surface area contributed by atoms with Crippen LogP contribution in [0.25, 0.3) is 165 Å². The number of para-hydroxylation sites is 5. The van der Waals surface area contributed by atoms with Gasteiger partial charge in [-0.15, -0.1) is 0 Å². The molecule has 0 aliphatic rings. The van der Waals surface area contributed by atoms with Crippen molar-refractivity contribution in [2.24, 2.45) is 0 Å². The van der Waals surface area contributed by atoms with E-state index in [-0.39, 0.29) is 5.75 Å². The fourth-order valence-corrected chi connectivity index (χ4v) is 14.4. The summed E-state index contributed by atoms with van der Waals surface area (Å²) in [6, 6.07) is 97.9. The normalized spacial score (nSPS) is 11.9. The third-order valence-corrected chi connectivity index (χ3v) is 18.5. The highest BCUT2D eigenvalue weighted by Crippen LogP contribution is 2.46. The van der Waals surface area contributed by atoms with E-state index in [9.17, 15) is 15.6 Å². The van der Waals surface area contributed by atoms with Crippen molar-refractivity contribution in [1.82, 2.24) is 18.3 Å². The first-order valence-corrected chi connectivity index (χ1v) is 29.8. The van der Waals surface area contributed by atoms with E-state index in [0.717, 1.165) is 159 Å². The molecular weight excluding hydrogens is 1090 g/mol. The van der Waals surface area contributed by atoms with E-state index in [0.29, 0.717) is 22.5 Å². The molecule has 0 unspecified atom stereocenters. The Hall–Kier alpha value is -12.4. The largest absolute Gasteiger partial charge is 0.507 e. The van der Waals surface area contributed by atoms with Crippen LogP contribution in [0.5, 0.6) is 5.75 Å². The molecule has 18 aromatic rings. The van der Waals surface area contributed by atoms with Gasteiger partial charge in [-0.3, -0.25) is 0 Å². The molecule has 8 nitrogen and oxygen atoms in total. The van der Waals surface area contributed by atoms with E-state index in [1.807, 2.05) is 66.7 Å². The Balaban J connectivity index is 0.898. The van der Waals surface area contributed by atoms with Gasteiger partial charge in [-0.05, 0) is 168 Å². The molecule has 0 fully saturated rings. The SMILES string of the molecule is Cc1ccccc1-c1cc(-c2ccc3c(c2)c2cc4c(cc2n3-c2cc(C#N)c(-n3c5ccc(-c6ccc7oc8ccccc8c7c6)cc5c5cc6c(cc53)c3ccccc3n6-c3ccccc3)cc2C#N)c2ccccc2n4-c2ccccc2)ccc1O. The van der Waals surface area contributed by atoms with Crippen LogP contribution < -0.4 is 0 Å². The monoisotopic (exact) mass is 1140 g/mol. The lowest BCUT2D eigenvalue weighted by atomic mass is 9.95. The molecule has 0 saturated heterocycles. The fourth-order valence-electron chi connectivity index (χ4n) is 14.4. The van der Waals surface area contributed by atoms with Crippen LogP contribution >= 0.6 is 0 Å². The number of aromatic nitrogens is 4. The lowest BCUT2D eigenvalue weighted by Crippen LogP contribution is -2.04. The van der Waals surface area contributed by atoms with Gasteiger partial charge in [0, 0.05) is 70.8 Å². The number of benzene rings is 13. The molecule has 1 N–H and O–H groups in total. The zero-order valence-electron chi connectivity index (χ0n) is 47.9. The average molecular weight is 1140 g/mol. The number of fused-ring (bicyclic) bond motifs is 15. The summed E-state index contributed by atoms with van der Waals surface area (Å²) in [5, 5.41) is 45.2. The number of nitrogens with zero attached hydrogens (tertiary/aromatic N) is 6. The van der Waals surface area contributed by atoms with Gasteiger partial charge in [0.25, 0.3) is 0 Å². The molecule has 0 bridgehead atoms. The van der Waals surface area contributed by atoms with Gasteiger partial charge in [0.05, 0.1) is 66.6 Å². The summed E-state index contributed by atoms with van der Waals surface area (Å²) in [5.41, 5.74) is 20.4. The Kier molecular flexibility index (Phi) is 10.7. The van der Waals surface area contributed by atoms with Crippen LogP contribution in [0, 0.1) is 29.6 Å². The van der Waals surface area contributed by atoms with Crippen LogP contribution in [-0.4, -0.2) is 23.4 Å². The minimum Gasteiger partial charge on any atom is -0.507 e. The van der Waals surface area contributed by atoms with Gasteiger partial charge < -0.3 is 27.8 Å². The van der Waals surface area contributed by atoms with Crippen LogP contribution in [0.4, 0.5) is 0 Å². The number of aromatic hydroxyl groups is 1. The topological polar surface area (TPSA) is 101 Å². The Labute approximate surface area is 509 Å². The number of phenols is 1. The molecule has 89 heavy (non-hydrogen) atoms. The lowest BCUT2D eigenvalue weighted by molar-refractivity contribution is 0.477. The maximum atomic E-state index is 11.7. The minimum atomic E-state index is 0.213. The highest BCUT2D eigenvalue weighted by Gasteiger charge is 2.26. The van der Waals surface area contributed by atoms with Crippen LogP contribution in [0.2, 0.25) is 0 Å². The average Bonchev–Trinajstić information content (AvgIpc) is 1.69. The number of aryl methyl sites for hydroxylation is 1. The van der Waals surface area contributed by atoms with Crippen LogP contribution in [-0.2, 0) is 0 Å². The molecule has 0 amide bonds. The summed E-state index contributed by atoms with van der Waals surface area (Å²) in [6.07, 6.45) is 0. The van der Waals surface area contributed by atoms with Crippen molar-refractivity contribution in [3.05, 3.63) is 284 Å². The van der Waals surface area contributed by atoms with Gasteiger partial charge in [-0.2, -0.15) is 10.5 Å². The van der Waals surface area contributed by atoms with Crippen LogP contribution in [0.3, 0.4) is 0 Å². The predicted molar refractivity (Wildman–Crippen MR) is 363 cm³/mol. The first kappa shape index (κ1) is 50.0. The third kappa shape index (κ3) is 7.39. The molecule has 5 heterocycles. The van der Waals surface area contributed by atoms with Crippen LogP contribution in [0.1, 0.15) is 16.7 Å². The summed E-state index contributed by atoms with van der Waals surface area (Å²) in [7, 11) is 0. The van der Waals surface area contributed by atoms with Gasteiger partial charge in [-0.25, -0.2) is 0 Å². The zero-order valence-corrected chi connectivity index (χ0v) is 47.9. The lowest BCUT2D eigenvalue weighted by Gasteiger charge is -2.16. The quantitative estimate of drug-likeness (QED) is 0.172. The van der Waals surface area contributed by atoms with Crippen molar-refractivity contribution in [1.29, 1.82) is 10.5 Å². The number of nitriles is 2. The molecule has 0 atom stereocenters. The highest BCUT2D eigenvalue weighted by molar-refractivity contribution is 6.22. The number of rotatable bonds is 7. The first-order chi connectivity index (χ1) is 43.9. The van der Waals surface area contributed by atoms with Crippen molar-refractivity contribution in [2.75, 3.05) is 0 Å². The van der Waals surface area contributed by atoms with Gasteiger partial charge in [-0.1, -0.05) is 140 Å². The Bertz CT molecular complexity index is 6160. The standard InChI is InChI=1S/C81H48N6O2/c1-48-16-8-9-21-57(48)67-38-51(30-34-79(67)88)49-28-32-71-61(36-49)65-44-75-63(58-22-10-13-25-69(58)84(75)55-17-4-2-5-18-55)42-77(65)86(71)73-40-54(47-83)74(41-53(73)46-82)87-72-33-29-50(52-31-35-81-68(39-52)60-24-12-15-27-80(60)89-81)37-62(72)66-45-76-64(43-78(66)87)59-23-11-14-26-70(59)85(76)56-19-6-3-7-20-56/h2-45,88H,1H3. The van der Waals surface area contributed by atoms with Crippen molar-refractivity contribution in [2.45, 2.75) is 6.92 Å². The molecule has 0 aliphatic heterocycles. The molecule has 0 aliphatic carbocycles. The second kappa shape index (κ2) is 19.1. The number of hydrogen-bond donors (Lipinski definition) is 1. The second-order valence-corrected chi connectivity index (χ2v) is 23.3. The Morgan fingerprint density at radius 2 is 0.697 bits per heavy atom. The summed E-state index contributed by atoms with van der Waals surface area (Å²) < 4.78 is 15.3. The molecule has 5 aromatic heterocycles. The Morgan fingerprint density at radius 1 is 0.303 bits per heavy atom. The number of phenolic OH excluding ortho intramolecular Hbond substituents is 1. The summed E-state index contributed by atoms with van der Waals surface area (Å²) in [5.74, 6) is 0.213. The molecule has 0 saturated carbocycles. The van der Waals surface area contributed by atoms with Gasteiger partial charge in [0.15, 0.2) is 0 Å². The van der Waals surface area contributed by atoms with Gasteiger partial charge in [0.2, 0.25) is 0 Å². The molecule has 414 valence electrons. The fraction of sp³-hybridized carbons (Fsp3) is 0.0123. The second-order valence-electron chi connectivity index (χ2n) is 23.3. The maximum Gasteiger partial charge on any atom is 0.135 e. The highest BCUT2D eigenvalue weighted by atomic mass is 16.3. The summed E-state index contributed by atoms with van der Waals surface area (Å²) in [6.45, 7) is 2.06. The van der Waals surface area contributed by atoms with E-state index in [4.69, 9.17) is 4.42 Å². The van der Waals surface area contributed by atoms with E-state index in [1.54, 1.807) is 6.07 Å². The predicted octanol–water partition coefficient (Wildman–Crippen LogP) is 20.7. The van der Waals surface area contributed by atoms with Crippen molar-refractivity contribution in [3.8, 4) is 74.0 Å². The van der Waals surface area contributed by atoms with Crippen molar-refractivity contribution >= 4 is 109 Å². The molecule has 13 aromatic carbocycles. The zero-order chi connectivity index (χ0) is 59.2. The molecule has 18 rings (SSSR count).